The molecule has 0 amide bonds. The number of para-hydroxylation sites is 1. The van der Waals surface area contributed by atoms with Crippen molar-refractivity contribution in [2.45, 2.75) is 13.0 Å². The van der Waals surface area contributed by atoms with Crippen LogP contribution in [0.2, 0.25) is 0 Å². The zero-order chi connectivity index (χ0) is 11.2. The molecular weight excluding hydrogens is 216 g/mol. The molecule has 0 unspecified atom stereocenters. The molecule has 2 rings (SSSR count). The van der Waals surface area contributed by atoms with Crippen LogP contribution in [0.3, 0.4) is 0 Å². The summed E-state index contributed by atoms with van der Waals surface area (Å²) < 4.78 is 0. The second-order valence-electron chi connectivity index (χ2n) is 3.70. The third kappa shape index (κ3) is 3.08. The Kier molecular flexibility index (Phi) is 3.97. The van der Waals surface area contributed by atoms with Crippen LogP contribution in [0.15, 0.2) is 41.8 Å². The van der Waals surface area contributed by atoms with Gasteiger partial charge in [-0.1, -0.05) is 24.3 Å². The van der Waals surface area contributed by atoms with Crippen molar-refractivity contribution in [3.63, 3.8) is 0 Å². The van der Waals surface area contributed by atoms with Gasteiger partial charge in [-0.05, 0) is 29.5 Å². The van der Waals surface area contributed by atoms with E-state index in [9.17, 15) is 0 Å². The van der Waals surface area contributed by atoms with Crippen molar-refractivity contribution >= 4 is 17.0 Å². The fourth-order valence-electron chi connectivity index (χ4n) is 1.58. The van der Waals surface area contributed by atoms with Crippen molar-refractivity contribution in [1.29, 1.82) is 0 Å². The van der Waals surface area contributed by atoms with Gasteiger partial charge in [-0.15, -0.1) is 11.3 Å². The second kappa shape index (κ2) is 5.68. The molecule has 0 radical (unpaired) electrons. The molecule has 0 saturated carbocycles. The van der Waals surface area contributed by atoms with Crippen LogP contribution in [-0.2, 0) is 13.0 Å². The predicted octanol–water partition coefficient (Wildman–Crippen LogP) is 2.66. The Morgan fingerprint density at radius 1 is 1.12 bits per heavy atom. The lowest BCUT2D eigenvalue weighted by atomic mass is 10.2. The molecule has 2 aromatic rings. The van der Waals surface area contributed by atoms with Crippen LogP contribution >= 0.6 is 11.3 Å². The summed E-state index contributed by atoms with van der Waals surface area (Å²) in [5, 5.41) is 5.52. The maximum absolute atomic E-state index is 5.86. The minimum Gasteiger partial charge on any atom is -0.398 e. The van der Waals surface area contributed by atoms with Gasteiger partial charge in [0, 0.05) is 23.7 Å². The van der Waals surface area contributed by atoms with E-state index < -0.39 is 0 Å². The van der Waals surface area contributed by atoms with E-state index in [1.165, 1.54) is 10.4 Å². The molecule has 0 aliphatic carbocycles. The molecule has 0 saturated heterocycles. The highest BCUT2D eigenvalue weighted by atomic mass is 32.1. The van der Waals surface area contributed by atoms with Crippen LogP contribution in [0.4, 0.5) is 5.69 Å². The highest BCUT2D eigenvalue weighted by Crippen LogP contribution is 2.10. The largest absolute Gasteiger partial charge is 0.398 e. The molecule has 0 aliphatic heterocycles. The monoisotopic (exact) mass is 232 g/mol. The molecule has 0 bridgehead atoms. The predicted molar refractivity (Wildman–Crippen MR) is 70.6 cm³/mol. The van der Waals surface area contributed by atoms with Gasteiger partial charge in [-0.2, -0.15) is 0 Å². The Morgan fingerprint density at radius 3 is 2.75 bits per heavy atom. The molecule has 84 valence electrons. The van der Waals surface area contributed by atoms with Gasteiger partial charge in [-0.25, -0.2) is 0 Å². The number of anilines is 1. The number of nitrogens with one attached hydrogen (secondary N) is 1. The summed E-state index contributed by atoms with van der Waals surface area (Å²) in [6.45, 7) is 1.84. The maximum atomic E-state index is 5.86. The molecule has 1 aromatic heterocycles. The van der Waals surface area contributed by atoms with Crippen molar-refractivity contribution in [2.24, 2.45) is 0 Å². The molecule has 0 atom stereocenters. The summed E-state index contributed by atoms with van der Waals surface area (Å²) in [4.78, 5) is 1.42. The minimum atomic E-state index is 0.845. The Morgan fingerprint density at radius 2 is 2.00 bits per heavy atom. The van der Waals surface area contributed by atoms with Crippen molar-refractivity contribution < 1.29 is 0 Å². The van der Waals surface area contributed by atoms with Crippen LogP contribution in [0.5, 0.6) is 0 Å². The van der Waals surface area contributed by atoms with Gasteiger partial charge in [-0.3, -0.25) is 0 Å². The van der Waals surface area contributed by atoms with Gasteiger partial charge >= 0.3 is 0 Å². The van der Waals surface area contributed by atoms with Crippen molar-refractivity contribution in [2.75, 3.05) is 12.3 Å². The lowest BCUT2D eigenvalue weighted by Crippen LogP contribution is -2.17. The number of hydrogen-bond donors (Lipinski definition) is 2. The van der Waals surface area contributed by atoms with Gasteiger partial charge in [0.2, 0.25) is 0 Å². The van der Waals surface area contributed by atoms with E-state index in [1.54, 1.807) is 0 Å². The van der Waals surface area contributed by atoms with E-state index in [4.69, 9.17) is 5.73 Å². The Bertz CT molecular complexity index is 423. The van der Waals surface area contributed by atoms with E-state index in [2.05, 4.69) is 28.9 Å². The molecule has 1 aromatic carbocycles. The Balaban J connectivity index is 1.74. The summed E-state index contributed by atoms with van der Waals surface area (Å²) in [5.74, 6) is 0. The molecule has 0 aliphatic rings. The standard InChI is InChI=1S/C13H16N2S/c14-13-6-2-1-4-11(13)10-15-8-7-12-5-3-9-16-12/h1-6,9,15H,7-8,10,14H2. The van der Waals surface area contributed by atoms with Gasteiger partial charge in [0.15, 0.2) is 0 Å². The molecule has 0 fully saturated rings. The maximum Gasteiger partial charge on any atom is 0.0359 e. The molecule has 1 heterocycles. The molecular formula is C13H16N2S. The topological polar surface area (TPSA) is 38.0 Å². The summed E-state index contributed by atoms with van der Waals surface area (Å²) >= 11 is 1.81. The van der Waals surface area contributed by atoms with E-state index in [1.807, 2.05) is 29.5 Å². The second-order valence-corrected chi connectivity index (χ2v) is 4.74. The lowest BCUT2D eigenvalue weighted by Gasteiger charge is -2.06. The molecule has 0 spiro atoms. The van der Waals surface area contributed by atoms with Crippen LogP contribution in [0.25, 0.3) is 0 Å². The molecule has 2 nitrogen and oxygen atoms in total. The number of thiophene rings is 1. The number of benzene rings is 1. The Hall–Kier alpha value is -1.32. The summed E-state index contributed by atoms with van der Waals surface area (Å²) in [7, 11) is 0. The number of nitrogen functional groups attached to an aromatic ring is 1. The first-order valence-corrected chi connectivity index (χ1v) is 6.31. The zero-order valence-corrected chi connectivity index (χ0v) is 9.96. The van der Waals surface area contributed by atoms with Gasteiger partial charge in [0.1, 0.15) is 0 Å². The first kappa shape index (κ1) is 11.2. The normalized spacial score (nSPS) is 10.5. The third-order valence-corrected chi connectivity index (χ3v) is 3.43. The summed E-state index contributed by atoms with van der Waals surface area (Å²) in [6, 6.07) is 12.2. The minimum absolute atomic E-state index is 0.845. The van der Waals surface area contributed by atoms with Crippen LogP contribution in [0.1, 0.15) is 10.4 Å². The number of hydrogen-bond acceptors (Lipinski definition) is 3. The van der Waals surface area contributed by atoms with E-state index in [-0.39, 0.29) is 0 Å². The first-order valence-electron chi connectivity index (χ1n) is 5.43. The zero-order valence-electron chi connectivity index (χ0n) is 9.15. The fraction of sp³-hybridized carbons (Fsp3) is 0.231. The van der Waals surface area contributed by atoms with Crippen molar-refractivity contribution in [1.82, 2.24) is 5.32 Å². The first-order chi connectivity index (χ1) is 7.86. The molecule has 3 N–H and O–H groups in total. The SMILES string of the molecule is Nc1ccccc1CNCCc1cccs1. The van der Waals surface area contributed by atoms with Crippen molar-refractivity contribution in [3.05, 3.63) is 52.2 Å². The number of nitrogens with two attached hydrogens (primary N) is 1. The third-order valence-electron chi connectivity index (χ3n) is 2.50. The quantitative estimate of drug-likeness (QED) is 0.614. The smallest absolute Gasteiger partial charge is 0.0359 e. The summed E-state index contributed by atoms with van der Waals surface area (Å²) in [5.41, 5.74) is 7.90. The van der Waals surface area contributed by atoms with Crippen molar-refractivity contribution in [3.8, 4) is 0 Å². The van der Waals surface area contributed by atoms with Gasteiger partial charge < -0.3 is 11.1 Å². The highest BCUT2D eigenvalue weighted by molar-refractivity contribution is 7.09. The van der Waals surface area contributed by atoms with Gasteiger partial charge in [0.05, 0.1) is 0 Å². The number of rotatable bonds is 5. The van der Waals surface area contributed by atoms with Crippen LogP contribution < -0.4 is 11.1 Å². The van der Waals surface area contributed by atoms with Gasteiger partial charge in [0.25, 0.3) is 0 Å². The molecule has 3 heteroatoms. The molecule has 16 heavy (non-hydrogen) atoms. The summed E-state index contributed by atoms with van der Waals surface area (Å²) in [6.07, 6.45) is 1.09. The average molecular weight is 232 g/mol. The highest BCUT2D eigenvalue weighted by Gasteiger charge is 1.97. The lowest BCUT2D eigenvalue weighted by molar-refractivity contribution is 0.692. The average Bonchev–Trinajstić information content (AvgIpc) is 2.79. The van der Waals surface area contributed by atoms with Crippen LogP contribution in [0, 0.1) is 0 Å². The van der Waals surface area contributed by atoms with E-state index in [0.29, 0.717) is 0 Å². The fourth-order valence-corrected chi connectivity index (χ4v) is 2.29. The van der Waals surface area contributed by atoms with E-state index >= 15 is 0 Å². The van der Waals surface area contributed by atoms with E-state index in [0.717, 1.165) is 25.2 Å². The Labute approximate surface area is 100 Å². The van der Waals surface area contributed by atoms with Crippen LogP contribution in [-0.4, -0.2) is 6.54 Å².